The molecule has 0 saturated carbocycles. The molecule has 3 aliphatic rings. The van der Waals surface area contributed by atoms with Crippen LogP contribution >= 0.6 is 15.9 Å². The Hall–Kier alpha value is -4.40. The zero-order valence-electron chi connectivity index (χ0n) is 28.5. The number of ether oxygens (including phenoxy) is 2. The predicted octanol–water partition coefficient (Wildman–Crippen LogP) is 3.29. The van der Waals surface area contributed by atoms with Crippen molar-refractivity contribution in [3.63, 3.8) is 0 Å². The van der Waals surface area contributed by atoms with Crippen LogP contribution in [0.5, 0.6) is 0 Å². The Morgan fingerprint density at radius 2 is 1.92 bits per heavy atom. The van der Waals surface area contributed by atoms with Crippen molar-refractivity contribution in [3.05, 3.63) is 85.5 Å². The SMILES string of the molecule is C=CCCC(=O)N[C@H](C)[C@@H](OC(=O)[C@H]1[C@@H]2O[C@@]3(CC2Br)[C@@H]1C(=O)N(CCCO)[C@@H]3C(=O)N(CC=C)Cn1nnc2ccccc21)c1ccccc1. The van der Waals surface area contributed by atoms with E-state index >= 15 is 0 Å². The molecule has 3 saturated heterocycles. The normalized spacial score (nSPS) is 26.1. The Kier molecular flexibility index (Phi) is 11.0. The molecule has 3 fully saturated rings. The maximum Gasteiger partial charge on any atom is 0.313 e. The summed E-state index contributed by atoms with van der Waals surface area (Å²) in [5, 5.41) is 21.2. The van der Waals surface area contributed by atoms with E-state index in [-0.39, 0.29) is 49.9 Å². The van der Waals surface area contributed by atoms with Crippen molar-refractivity contribution in [2.45, 2.75) is 74.0 Å². The molecule has 3 aliphatic heterocycles. The molecule has 2 aromatic carbocycles. The molecule has 1 aromatic heterocycles. The van der Waals surface area contributed by atoms with Gasteiger partial charge in [-0.3, -0.25) is 19.2 Å². The van der Waals surface area contributed by atoms with Gasteiger partial charge in [0.1, 0.15) is 29.9 Å². The van der Waals surface area contributed by atoms with Gasteiger partial charge in [-0.2, -0.15) is 0 Å². The summed E-state index contributed by atoms with van der Waals surface area (Å²) in [6.07, 6.45) is 2.91. The average molecular weight is 764 g/mol. The van der Waals surface area contributed by atoms with Gasteiger partial charge >= 0.3 is 5.97 Å². The maximum absolute atomic E-state index is 14.8. The highest BCUT2D eigenvalue weighted by Gasteiger charge is 2.77. The number of carbonyl (C=O) groups is 4. The number of hydrogen-bond donors (Lipinski definition) is 2. The van der Waals surface area contributed by atoms with Gasteiger partial charge in [0, 0.05) is 30.9 Å². The molecule has 8 atom stereocenters. The molecule has 2 bridgehead atoms. The number of amides is 3. The Morgan fingerprint density at radius 3 is 2.65 bits per heavy atom. The van der Waals surface area contributed by atoms with Crippen LogP contribution in [-0.2, 0) is 35.3 Å². The van der Waals surface area contributed by atoms with Gasteiger partial charge in [0.2, 0.25) is 17.7 Å². The summed E-state index contributed by atoms with van der Waals surface area (Å²) in [4.78, 5) is 58.9. The summed E-state index contributed by atoms with van der Waals surface area (Å²) in [7, 11) is 0. The fraction of sp³-hybridized carbons (Fsp3) is 0.459. The molecule has 2 N–H and O–H groups in total. The number of carbonyl (C=O) groups excluding carboxylic acids is 4. The third-order valence-corrected chi connectivity index (χ3v) is 10.9. The van der Waals surface area contributed by atoms with Gasteiger partial charge in [0.05, 0.1) is 29.5 Å². The third kappa shape index (κ3) is 6.84. The van der Waals surface area contributed by atoms with E-state index in [0.717, 1.165) is 5.52 Å². The highest BCUT2D eigenvalue weighted by atomic mass is 79.9. The number of likely N-dealkylation sites (tertiary alicyclic amines) is 1. The highest BCUT2D eigenvalue weighted by Crippen LogP contribution is 2.60. The van der Waals surface area contributed by atoms with E-state index < -0.39 is 59.5 Å². The fourth-order valence-electron chi connectivity index (χ4n) is 7.83. The summed E-state index contributed by atoms with van der Waals surface area (Å²) in [6, 6.07) is 14.8. The van der Waals surface area contributed by atoms with Gasteiger partial charge < -0.3 is 29.7 Å². The number of aromatic nitrogens is 3. The number of aliphatic hydroxyl groups is 1. The molecule has 270 valence electrons. The van der Waals surface area contributed by atoms with Crippen molar-refractivity contribution in [3.8, 4) is 0 Å². The molecule has 13 nitrogen and oxygen atoms in total. The quantitative estimate of drug-likeness (QED) is 0.127. The molecule has 6 rings (SSSR count). The van der Waals surface area contributed by atoms with Gasteiger partial charge in [0.25, 0.3) is 0 Å². The molecular weight excluding hydrogens is 720 g/mol. The van der Waals surface area contributed by atoms with E-state index in [2.05, 4.69) is 44.7 Å². The highest BCUT2D eigenvalue weighted by molar-refractivity contribution is 9.09. The van der Waals surface area contributed by atoms with Crippen molar-refractivity contribution >= 4 is 50.7 Å². The van der Waals surface area contributed by atoms with E-state index in [1.54, 1.807) is 28.7 Å². The number of para-hydroxylation sites is 1. The molecule has 1 spiro atoms. The summed E-state index contributed by atoms with van der Waals surface area (Å²) < 4.78 is 14.5. The number of rotatable bonds is 16. The van der Waals surface area contributed by atoms with E-state index in [4.69, 9.17) is 9.47 Å². The van der Waals surface area contributed by atoms with Crippen LogP contribution in [0, 0.1) is 11.8 Å². The second-order valence-electron chi connectivity index (χ2n) is 13.3. The molecule has 14 heteroatoms. The zero-order valence-corrected chi connectivity index (χ0v) is 30.1. The number of allylic oxidation sites excluding steroid dienone is 1. The minimum atomic E-state index is -1.34. The van der Waals surface area contributed by atoms with E-state index in [9.17, 15) is 24.3 Å². The summed E-state index contributed by atoms with van der Waals surface area (Å²) >= 11 is 3.71. The van der Waals surface area contributed by atoms with Crippen LogP contribution in [0.4, 0.5) is 0 Å². The standard InChI is InChI=1S/C37H43BrN6O7/c1-4-6-17-28(46)39-23(3)31(24-13-8-7-9-14-24)50-36(49)29-30-34(47)43(19-12-20-45)33(37(30)21-25(38)32(29)51-37)35(48)42(18-5-2)22-44-27-16-11-10-15-26(27)40-41-44/h4-5,7-11,13-16,23,25,29-33,45H,1-2,6,12,17-22H2,3H3,(H,39,46)/t23-,25?,29-,30+,31-,32-,33-,37+/m1/s1. The number of nitrogens with one attached hydrogen (secondary N) is 1. The molecule has 0 aliphatic carbocycles. The number of halogens is 1. The first-order valence-electron chi connectivity index (χ1n) is 17.2. The van der Waals surface area contributed by atoms with Crippen LogP contribution in [-0.4, -0.2) is 102 Å². The van der Waals surface area contributed by atoms with Crippen molar-refractivity contribution in [2.24, 2.45) is 11.8 Å². The van der Waals surface area contributed by atoms with E-state index in [1.165, 1.54) is 4.90 Å². The van der Waals surface area contributed by atoms with Crippen molar-refractivity contribution in [1.29, 1.82) is 0 Å². The topological polar surface area (TPSA) is 156 Å². The maximum atomic E-state index is 14.8. The van der Waals surface area contributed by atoms with Gasteiger partial charge in [-0.25, -0.2) is 4.68 Å². The Balaban J connectivity index is 1.32. The molecular formula is C37H43BrN6O7. The monoisotopic (exact) mass is 762 g/mol. The van der Waals surface area contributed by atoms with Crippen molar-refractivity contribution in [1.82, 2.24) is 30.1 Å². The smallest absolute Gasteiger partial charge is 0.313 e. The number of hydrogen-bond acceptors (Lipinski definition) is 9. The van der Waals surface area contributed by atoms with E-state index in [1.807, 2.05) is 54.6 Å². The molecule has 4 heterocycles. The van der Waals surface area contributed by atoms with Crippen molar-refractivity contribution < 1.29 is 33.8 Å². The van der Waals surface area contributed by atoms with Crippen LogP contribution in [0.2, 0.25) is 0 Å². The van der Waals surface area contributed by atoms with Gasteiger partial charge in [-0.1, -0.05) is 75.8 Å². The first kappa shape index (κ1) is 36.4. The molecule has 51 heavy (non-hydrogen) atoms. The molecule has 0 radical (unpaired) electrons. The first-order chi connectivity index (χ1) is 24.6. The molecule has 1 unspecified atom stereocenters. The molecule has 3 amide bonds. The van der Waals surface area contributed by atoms with Crippen LogP contribution in [0.25, 0.3) is 11.0 Å². The number of nitrogens with zero attached hydrogens (tertiary/aromatic N) is 5. The number of alkyl halides is 1. The van der Waals surface area contributed by atoms with Gasteiger partial charge in [-0.05, 0) is 43.9 Å². The van der Waals surface area contributed by atoms with E-state index in [0.29, 0.717) is 23.9 Å². The Morgan fingerprint density at radius 1 is 1.18 bits per heavy atom. The summed E-state index contributed by atoms with van der Waals surface area (Å²) in [5.41, 5.74) is 0.731. The predicted molar refractivity (Wildman–Crippen MR) is 191 cm³/mol. The summed E-state index contributed by atoms with van der Waals surface area (Å²) in [6.45, 7) is 9.37. The number of esters is 1. The lowest BCUT2D eigenvalue weighted by Gasteiger charge is -2.37. The first-order valence-corrected chi connectivity index (χ1v) is 18.1. The molecule has 3 aromatic rings. The third-order valence-electron chi connectivity index (χ3n) is 10.0. The zero-order chi connectivity index (χ0) is 36.3. The van der Waals surface area contributed by atoms with Crippen molar-refractivity contribution in [2.75, 3.05) is 19.7 Å². The fourth-order valence-corrected chi connectivity index (χ4v) is 8.77. The van der Waals surface area contributed by atoms with Crippen LogP contribution in [0.15, 0.2) is 79.9 Å². The number of fused-ring (bicyclic) bond motifs is 2. The van der Waals surface area contributed by atoms with Crippen LogP contribution in [0.1, 0.15) is 44.3 Å². The van der Waals surface area contributed by atoms with Crippen LogP contribution < -0.4 is 5.32 Å². The number of benzene rings is 2. The Bertz CT molecular complexity index is 1790. The lowest BCUT2D eigenvalue weighted by Crippen LogP contribution is -2.57. The lowest BCUT2D eigenvalue weighted by atomic mass is 9.70. The summed E-state index contributed by atoms with van der Waals surface area (Å²) in [5.74, 6) is -3.71. The lowest BCUT2D eigenvalue weighted by molar-refractivity contribution is -0.162. The number of aliphatic hydroxyl groups excluding tert-OH is 1. The van der Waals surface area contributed by atoms with Gasteiger partial charge in [0.15, 0.2) is 0 Å². The second-order valence-corrected chi connectivity index (χ2v) is 14.5. The minimum Gasteiger partial charge on any atom is -0.455 e. The van der Waals surface area contributed by atoms with Gasteiger partial charge in [-0.15, -0.1) is 18.3 Å². The second kappa shape index (κ2) is 15.5. The largest absolute Gasteiger partial charge is 0.455 e. The average Bonchev–Trinajstić information content (AvgIpc) is 3.85. The van der Waals surface area contributed by atoms with Crippen LogP contribution in [0.3, 0.4) is 0 Å². The Labute approximate surface area is 304 Å². The minimum absolute atomic E-state index is 0.0342.